The van der Waals surface area contributed by atoms with E-state index in [0.717, 1.165) is 24.0 Å². The van der Waals surface area contributed by atoms with E-state index in [4.69, 9.17) is 23.2 Å². The Kier molecular flexibility index (Phi) is 4.20. The Morgan fingerprint density at radius 3 is 2.33 bits per heavy atom. The van der Waals surface area contributed by atoms with Gasteiger partial charge in [-0.05, 0) is 18.9 Å². The van der Waals surface area contributed by atoms with Crippen molar-refractivity contribution in [1.82, 2.24) is 9.97 Å². The van der Waals surface area contributed by atoms with Gasteiger partial charge in [0, 0.05) is 6.42 Å². The number of benzene rings is 1. The summed E-state index contributed by atoms with van der Waals surface area (Å²) in [5.74, 6) is 0.698. The lowest BCUT2D eigenvalue weighted by atomic mass is 10.1. The molecule has 0 N–H and O–H groups in total. The highest BCUT2D eigenvalue weighted by Gasteiger charge is 2.13. The SMILES string of the molecule is CCCc1nc(Cl)c(-c2cccc(C)c2)c(Cl)n1. The average molecular weight is 281 g/mol. The molecule has 2 rings (SSSR count). The van der Waals surface area contributed by atoms with Crippen LogP contribution >= 0.6 is 23.2 Å². The summed E-state index contributed by atoms with van der Waals surface area (Å²) < 4.78 is 0. The second-order valence-electron chi connectivity index (χ2n) is 4.22. The van der Waals surface area contributed by atoms with E-state index in [1.54, 1.807) is 0 Å². The zero-order chi connectivity index (χ0) is 13.1. The van der Waals surface area contributed by atoms with Crippen LogP contribution < -0.4 is 0 Å². The molecule has 0 saturated carbocycles. The molecule has 0 amide bonds. The number of hydrogen-bond acceptors (Lipinski definition) is 2. The Bertz CT molecular complexity index is 544. The van der Waals surface area contributed by atoms with Gasteiger partial charge in [0.2, 0.25) is 0 Å². The monoisotopic (exact) mass is 280 g/mol. The lowest BCUT2D eigenvalue weighted by Gasteiger charge is -2.08. The largest absolute Gasteiger partial charge is 0.220 e. The number of nitrogens with zero attached hydrogens (tertiary/aromatic N) is 2. The van der Waals surface area contributed by atoms with Gasteiger partial charge in [0.1, 0.15) is 16.1 Å². The van der Waals surface area contributed by atoms with Crippen molar-refractivity contribution in [2.75, 3.05) is 0 Å². The fourth-order valence-corrected chi connectivity index (χ4v) is 2.46. The molecule has 18 heavy (non-hydrogen) atoms. The summed E-state index contributed by atoms with van der Waals surface area (Å²) in [6.45, 7) is 4.09. The molecule has 0 saturated heterocycles. The van der Waals surface area contributed by atoms with Crippen molar-refractivity contribution in [3.05, 3.63) is 46.0 Å². The van der Waals surface area contributed by atoms with Crippen LogP contribution in [0.2, 0.25) is 10.3 Å². The smallest absolute Gasteiger partial charge is 0.142 e. The van der Waals surface area contributed by atoms with Gasteiger partial charge in [-0.3, -0.25) is 0 Å². The Morgan fingerprint density at radius 1 is 1.11 bits per heavy atom. The maximum atomic E-state index is 6.22. The first-order valence-corrected chi connectivity index (χ1v) is 6.66. The van der Waals surface area contributed by atoms with Crippen molar-refractivity contribution in [3.63, 3.8) is 0 Å². The fraction of sp³-hybridized carbons (Fsp3) is 0.286. The third-order valence-electron chi connectivity index (χ3n) is 2.65. The molecule has 0 aliphatic rings. The molecular weight excluding hydrogens is 267 g/mol. The van der Waals surface area contributed by atoms with E-state index >= 15 is 0 Å². The molecule has 0 radical (unpaired) electrons. The van der Waals surface area contributed by atoms with Crippen LogP contribution in [0.25, 0.3) is 11.1 Å². The molecular formula is C14H14Cl2N2. The van der Waals surface area contributed by atoms with E-state index in [2.05, 4.69) is 16.9 Å². The van der Waals surface area contributed by atoms with Crippen LogP contribution in [0.15, 0.2) is 24.3 Å². The van der Waals surface area contributed by atoms with Gasteiger partial charge in [0.05, 0.1) is 5.56 Å². The Balaban J connectivity index is 2.51. The fourth-order valence-electron chi connectivity index (χ4n) is 1.82. The van der Waals surface area contributed by atoms with E-state index in [1.807, 2.05) is 31.2 Å². The minimum absolute atomic E-state index is 0.420. The summed E-state index contributed by atoms with van der Waals surface area (Å²) in [4.78, 5) is 8.60. The number of aromatic nitrogens is 2. The predicted molar refractivity (Wildman–Crippen MR) is 76.2 cm³/mol. The normalized spacial score (nSPS) is 10.7. The van der Waals surface area contributed by atoms with Crippen molar-refractivity contribution in [3.8, 4) is 11.1 Å². The third kappa shape index (κ3) is 2.82. The summed E-state index contributed by atoms with van der Waals surface area (Å²) in [5.41, 5.74) is 2.81. The predicted octanol–water partition coefficient (Wildman–Crippen LogP) is 4.71. The van der Waals surface area contributed by atoms with Gasteiger partial charge < -0.3 is 0 Å². The summed E-state index contributed by atoms with van der Waals surface area (Å²) >= 11 is 12.4. The molecule has 0 spiro atoms. The second-order valence-corrected chi connectivity index (χ2v) is 4.93. The second kappa shape index (κ2) is 5.68. The van der Waals surface area contributed by atoms with Gasteiger partial charge in [-0.15, -0.1) is 0 Å². The average Bonchev–Trinajstić information content (AvgIpc) is 2.28. The molecule has 1 heterocycles. The molecule has 1 aromatic carbocycles. The van der Waals surface area contributed by atoms with Gasteiger partial charge in [0.15, 0.2) is 0 Å². The molecule has 0 unspecified atom stereocenters. The highest BCUT2D eigenvalue weighted by atomic mass is 35.5. The quantitative estimate of drug-likeness (QED) is 0.761. The molecule has 0 fully saturated rings. The van der Waals surface area contributed by atoms with Crippen LogP contribution in [0.5, 0.6) is 0 Å². The van der Waals surface area contributed by atoms with Crippen molar-refractivity contribution in [1.29, 1.82) is 0 Å². The molecule has 0 aliphatic heterocycles. The molecule has 0 atom stereocenters. The van der Waals surface area contributed by atoms with Gasteiger partial charge in [0.25, 0.3) is 0 Å². The Labute approximate surface area is 117 Å². The Hall–Kier alpha value is -1.12. The van der Waals surface area contributed by atoms with Crippen LogP contribution in [0.3, 0.4) is 0 Å². The van der Waals surface area contributed by atoms with E-state index < -0.39 is 0 Å². The third-order valence-corrected chi connectivity index (χ3v) is 3.19. The summed E-state index contributed by atoms with van der Waals surface area (Å²) in [6.07, 6.45) is 1.75. The highest BCUT2D eigenvalue weighted by molar-refractivity contribution is 6.37. The molecule has 2 nitrogen and oxygen atoms in total. The molecule has 1 aromatic heterocycles. The van der Waals surface area contributed by atoms with E-state index in [0.29, 0.717) is 21.7 Å². The first kappa shape index (κ1) is 13.3. The lowest BCUT2D eigenvalue weighted by Crippen LogP contribution is -1.98. The van der Waals surface area contributed by atoms with Crippen molar-refractivity contribution >= 4 is 23.2 Å². The van der Waals surface area contributed by atoms with Gasteiger partial charge in [-0.2, -0.15) is 0 Å². The minimum Gasteiger partial charge on any atom is -0.220 e. The van der Waals surface area contributed by atoms with Crippen molar-refractivity contribution in [2.45, 2.75) is 26.7 Å². The molecule has 2 aromatic rings. The highest BCUT2D eigenvalue weighted by Crippen LogP contribution is 2.32. The summed E-state index contributed by atoms with van der Waals surface area (Å²) in [6, 6.07) is 7.98. The van der Waals surface area contributed by atoms with Gasteiger partial charge in [-0.1, -0.05) is 60.0 Å². The molecule has 0 bridgehead atoms. The van der Waals surface area contributed by atoms with Crippen LogP contribution in [-0.2, 0) is 6.42 Å². The maximum absolute atomic E-state index is 6.22. The zero-order valence-corrected chi connectivity index (χ0v) is 11.9. The van der Waals surface area contributed by atoms with Crippen LogP contribution in [0.4, 0.5) is 0 Å². The number of rotatable bonds is 3. The number of aryl methyl sites for hydroxylation is 2. The van der Waals surface area contributed by atoms with Crippen molar-refractivity contribution < 1.29 is 0 Å². The maximum Gasteiger partial charge on any atom is 0.142 e. The molecule has 4 heteroatoms. The lowest BCUT2D eigenvalue weighted by molar-refractivity contribution is 0.835. The summed E-state index contributed by atoms with van der Waals surface area (Å²) in [5, 5.41) is 0.841. The summed E-state index contributed by atoms with van der Waals surface area (Å²) in [7, 11) is 0. The first-order chi connectivity index (χ1) is 8.61. The Morgan fingerprint density at radius 2 is 1.78 bits per heavy atom. The topological polar surface area (TPSA) is 25.8 Å². The van der Waals surface area contributed by atoms with E-state index in [1.165, 1.54) is 0 Å². The van der Waals surface area contributed by atoms with Crippen molar-refractivity contribution in [2.24, 2.45) is 0 Å². The number of halogens is 2. The first-order valence-electron chi connectivity index (χ1n) is 5.90. The van der Waals surface area contributed by atoms with Crippen LogP contribution in [0.1, 0.15) is 24.7 Å². The van der Waals surface area contributed by atoms with Gasteiger partial charge >= 0.3 is 0 Å². The molecule has 94 valence electrons. The van der Waals surface area contributed by atoms with Crippen LogP contribution in [-0.4, -0.2) is 9.97 Å². The molecule has 0 aliphatic carbocycles. The zero-order valence-electron chi connectivity index (χ0n) is 10.4. The number of hydrogen-bond donors (Lipinski definition) is 0. The minimum atomic E-state index is 0.420. The van der Waals surface area contributed by atoms with Crippen LogP contribution in [0, 0.1) is 6.92 Å². The van der Waals surface area contributed by atoms with E-state index in [9.17, 15) is 0 Å². The van der Waals surface area contributed by atoms with Gasteiger partial charge in [-0.25, -0.2) is 9.97 Å². The van der Waals surface area contributed by atoms with E-state index in [-0.39, 0.29) is 0 Å². The standard InChI is InChI=1S/C14H14Cl2N2/c1-3-5-11-17-13(15)12(14(16)18-11)10-7-4-6-9(2)8-10/h4,6-8H,3,5H2,1-2H3.